The Morgan fingerprint density at radius 2 is 1.05 bits per heavy atom. The van der Waals surface area contributed by atoms with Crippen LogP contribution < -0.4 is 5.32 Å². The Kier molecular flexibility index (Phi) is 25.3. The third-order valence-corrected chi connectivity index (χ3v) is 5.44. The van der Waals surface area contributed by atoms with E-state index >= 15 is 0 Å². The molecule has 0 aromatic carbocycles. The van der Waals surface area contributed by atoms with E-state index in [2.05, 4.69) is 5.32 Å². The highest BCUT2D eigenvalue weighted by molar-refractivity contribution is 5.75. The Bertz CT molecular complexity index is 598. The fourth-order valence-corrected chi connectivity index (χ4v) is 3.35. The van der Waals surface area contributed by atoms with Gasteiger partial charge in [-0.1, -0.05) is 25.7 Å². The van der Waals surface area contributed by atoms with Gasteiger partial charge in [0.15, 0.2) is 0 Å². The van der Waals surface area contributed by atoms with Crippen molar-refractivity contribution in [1.29, 1.82) is 0 Å². The van der Waals surface area contributed by atoms with Crippen LogP contribution >= 0.6 is 0 Å². The monoisotopic (exact) mass is 531 g/mol. The lowest BCUT2D eigenvalue weighted by atomic mass is 10.1. The third kappa shape index (κ3) is 28.2. The molecule has 0 aromatic rings. The summed E-state index contributed by atoms with van der Waals surface area (Å²) < 4.78 is 25.6. The van der Waals surface area contributed by atoms with Crippen LogP contribution in [0.3, 0.4) is 0 Å². The molecule has 10 heteroatoms. The normalized spacial score (nSPS) is 10.6. The van der Waals surface area contributed by atoms with E-state index < -0.39 is 6.09 Å². The summed E-state index contributed by atoms with van der Waals surface area (Å²) in [5.74, 6) is -0.286. The summed E-state index contributed by atoms with van der Waals surface area (Å²) in [6.45, 7) is 4.09. The van der Waals surface area contributed by atoms with E-state index in [1.165, 1.54) is 0 Å². The first-order valence-corrected chi connectivity index (χ1v) is 13.7. The SMILES string of the molecule is COCCCCCC(=O)OCCOCCOC(=O)CCCCCOC(=O)NCCCCCCCC(C)=O. The number of unbranched alkanes of at least 4 members (excludes halogenated alkanes) is 8. The predicted molar refractivity (Wildman–Crippen MR) is 139 cm³/mol. The summed E-state index contributed by atoms with van der Waals surface area (Å²) in [6.07, 6.45) is 10.7. The molecule has 0 bridgehead atoms. The minimum absolute atomic E-state index is 0.161. The smallest absolute Gasteiger partial charge is 0.407 e. The minimum Gasteiger partial charge on any atom is -0.463 e. The second-order valence-corrected chi connectivity index (χ2v) is 8.95. The van der Waals surface area contributed by atoms with Crippen molar-refractivity contribution in [1.82, 2.24) is 5.32 Å². The third-order valence-electron chi connectivity index (χ3n) is 5.44. The van der Waals surface area contributed by atoms with Crippen LogP contribution in [0.4, 0.5) is 4.79 Å². The number of rotatable bonds is 26. The van der Waals surface area contributed by atoms with Gasteiger partial charge in [-0.2, -0.15) is 0 Å². The maximum Gasteiger partial charge on any atom is 0.407 e. The maximum absolute atomic E-state index is 11.7. The number of ketones is 1. The van der Waals surface area contributed by atoms with Crippen LogP contribution in [-0.2, 0) is 38.1 Å². The number of alkyl carbamates (subject to hydrolysis) is 1. The van der Waals surface area contributed by atoms with Crippen LogP contribution in [0, 0.1) is 0 Å². The van der Waals surface area contributed by atoms with E-state index in [0.29, 0.717) is 51.9 Å². The number of Topliss-reactive ketones (excluding diaryl/α,β-unsaturated/α-hetero) is 1. The van der Waals surface area contributed by atoms with E-state index in [1.807, 2.05) is 0 Å². The molecule has 0 saturated carbocycles. The van der Waals surface area contributed by atoms with Crippen LogP contribution in [-0.4, -0.2) is 77.1 Å². The molecule has 10 nitrogen and oxygen atoms in total. The van der Waals surface area contributed by atoms with Gasteiger partial charge in [-0.25, -0.2) is 4.79 Å². The quantitative estimate of drug-likeness (QED) is 0.0974. The topological polar surface area (TPSA) is 126 Å². The lowest BCUT2D eigenvalue weighted by Crippen LogP contribution is -2.25. The molecule has 0 radical (unpaired) electrons. The summed E-state index contributed by atoms with van der Waals surface area (Å²) in [5.41, 5.74) is 0. The molecule has 216 valence electrons. The number of nitrogens with one attached hydrogen (secondary N) is 1. The van der Waals surface area contributed by atoms with Gasteiger partial charge in [0.05, 0.1) is 19.8 Å². The van der Waals surface area contributed by atoms with Gasteiger partial charge in [0, 0.05) is 39.5 Å². The highest BCUT2D eigenvalue weighted by atomic mass is 16.6. The van der Waals surface area contributed by atoms with E-state index in [1.54, 1.807) is 14.0 Å². The fourth-order valence-electron chi connectivity index (χ4n) is 3.35. The molecule has 0 aliphatic carbocycles. The number of esters is 2. The fraction of sp³-hybridized carbons (Fsp3) is 0.852. The Balaban J connectivity index is 3.36. The molecule has 0 unspecified atom stereocenters. The van der Waals surface area contributed by atoms with Crippen molar-refractivity contribution < 1.29 is 42.9 Å². The van der Waals surface area contributed by atoms with Crippen molar-refractivity contribution in [2.45, 2.75) is 96.8 Å². The molecule has 0 fully saturated rings. The van der Waals surface area contributed by atoms with Crippen molar-refractivity contribution in [3.63, 3.8) is 0 Å². The highest BCUT2D eigenvalue weighted by Crippen LogP contribution is 2.06. The number of carbonyl (C=O) groups is 4. The number of hydrogen-bond donors (Lipinski definition) is 1. The number of methoxy groups -OCH3 is 1. The summed E-state index contributed by atoms with van der Waals surface area (Å²) >= 11 is 0. The first kappa shape index (κ1) is 34.8. The van der Waals surface area contributed by atoms with Gasteiger partial charge in [-0.05, 0) is 51.9 Å². The predicted octanol–water partition coefficient (Wildman–Crippen LogP) is 4.51. The average Bonchev–Trinajstić information content (AvgIpc) is 2.86. The zero-order valence-electron chi connectivity index (χ0n) is 23.0. The molecule has 0 aliphatic rings. The molecule has 0 heterocycles. The first-order valence-electron chi connectivity index (χ1n) is 13.7. The van der Waals surface area contributed by atoms with Crippen molar-refractivity contribution >= 4 is 23.8 Å². The lowest BCUT2D eigenvalue weighted by molar-refractivity contribution is -0.146. The van der Waals surface area contributed by atoms with Crippen molar-refractivity contribution in [3.05, 3.63) is 0 Å². The number of amides is 1. The second-order valence-electron chi connectivity index (χ2n) is 8.95. The van der Waals surface area contributed by atoms with Crippen LogP contribution in [0.2, 0.25) is 0 Å². The van der Waals surface area contributed by atoms with E-state index in [9.17, 15) is 19.2 Å². The van der Waals surface area contributed by atoms with Crippen LogP contribution in [0.1, 0.15) is 96.8 Å². The second kappa shape index (κ2) is 26.9. The van der Waals surface area contributed by atoms with Gasteiger partial charge < -0.3 is 33.8 Å². The summed E-state index contributed by atoms with van der Waals surface area (Å²) in [5, 5.41) is 2.73. The highest BCUT2D eigenvalue weighted by Gasteiger charge is 2.05. The molecule has 1 amide bonds. The molecule has 0 aromatic heterocycles. The lowest BCUT2D eigenvalue weighted by Gasteiger charge is -2.08. The van der Waals surface area contributed by atoms with Crippen LogP contribution in [0.25, 0.3) is 0 Å². The Labute approximate surface area is 222 Å². The maximum atomic E-state index is 11.7. The standard InChI is InChI=1S/C27H49NO9/c1-24(29)14-8-4-3-5-11-17-28-27(32)37-19-13-7-10-16-26(31)36-23-21-34-20-22-35-25(30)15-9-6-12-18-33-2/h3-23H2,1-2H3,(H,28,32). The molecule has 0 spiro atoms. The summed E-state index contributed by atoms with van der Waals surface area (Å²) in [6, 6.07) is 0. The molecule has 0 saturated heterocycles. The van der Waals surface area contributed by atoms with Gasteiger partial charge >= 0.3 is 18.0 Å². The molecular weight excluding hydrogens is 482 g/mol. The first-order chi connectivity index (χ1) is 18.0. The number of hydrogen-bond acceptors (Lipinski definition) is 9. The largest absolute Gasteiger partial charge is 0.463 e. The molecule has 0 aliphatic heterocycles. The number of carbonyl (C=O) groups excluding carboxylic acids is 4. The molecule has 1 N–H and O–H groups in total. The summed E-state index contributed by atoms with van der Waals surface area (Å²) in [4.78, 5) is 45.8. The Morgan fingerprint density at radius 3 is 1.65 bits per heavy atom. The van der Waals surface area contributed by atoms with E-state index in [4.69, 9.17) is 23.7 Å². The molecule has 0 atom stereocenters. The molecule has 0 rings (SSSR count). The summed E-state index contributed by atoms with van der Waals surface area (Å²) in [7, 11) is 1.66. The van der Waals surface area contributed by atoms with Gasteiger partial charge in [0.25, 0.3) is 0 Å². The minimum atomic E-state index is -0.413. The van der Waals surface area contributed by atoms with Gasteiger partial charge in [0.2, 0.25) is 0 Å². The molecular formula is C27H49NO9. The van der Waals surface area contributed by atoms with E-state index in [0.717, 1.165) is 57.8 Å². The van der Waals surface area contributed by atoms with Gasteiger partial charge in [-0.15, -0.1) is 0 Å². The van der Waals surface area contributed by atoms with Gasteiger partial charge in [0.1, 0.15) is 19.0 Å². The van der Waals surface area contributed by atoms with Crippen molar-refractivity contribution in [2.75, 3.05) is 53.3 Å². The van der Waals surface area contributed by atoms with Crippen LogP contribution in [0.5, 0.6) is 0 Å². The van der Waals surface area contributed by atoms with Crippen molar-refractivity contribution in [3.8, 4) is 0 Å². The van der Waals surface area contributed by atoms with Gasteiger partial charge in [-0.3, -0.25) is 9.59 Å². The zero-order chi connectivity index (χ0) is 27.4. The van der Waals surface area contributed by atoms with E-state index in [-0.39, 0.29) is 44.1 Å². The zero-order valence-corrected chi connectivity index (χ0v) is 23.0. The van der Waals surface area contributed by atoms with Crippen LogP contribution in [0.15, 0.2) is 0 Å². The molecule has 37 heavy (non-hydrogen) atoms. The Hall–Kier alpha value is -2.20. The van der Waals surface area contributed by atoms with Crippen molar-refractivity contribution in [2.24, 2.45) is 0 Å². The Morgan fingerprint density at radius 1 is 0.541 bits per heavy atom. The number of ether oxygens (including phenoxy) is 5. The average molecular weight is 532 g/mol.